The van der Waals surface area contributed by atoms with Crippen LogP contribution in [0.1, 0.15) is 5.56 Å². The van der Waals surface area contributed by atoms with Gasteiger partial charge >= 0.3 is 7.60 Å². The minimum atomic E-state index is -4.20. The topological polar surface area (TPSA) is 57.5 Å². The van der Waals surface area contributed by atoms with Crippen LogP contribution < -0.4 is 0 Å². The van der Waals surface area contributed by atoms with Crippen LogP contribution in [0.15, 0.2) is 30.8 Å². The smallest absolute Gasteiger partial charge is 0.321 e. The van der Waals surface area contributed by atoms with Crippen molar-refractivity contribution in [1.82, 2.24) is 0 Å². The molecule has 0 aliphatic heterocycles. The molecule has 3 nitrogen and oxygen atoms in total. The molecule has 1 rings (SSSR count). The molecule has 0 atom stereocenters. The van der Waals surface area contributed by atoms with Crippen LogP contribution in [-0.2, 0) is 4.57 Å². The van der Waals surface area contributed by atoms with Crippen molar-refractivity contribution in [3.63, 3.8) is 0 Å². The Morgan fingerprint density at radius 2 is 1.92 bits per heavy atom. The van der Waals surface area contributed by atoms with E-state index in [9.17, 15) is 4.57 Å². The maximum Gasteiger partial charge on any atom is 0.356 e. The van der Waals surface area contributed by atoms with E-state index in [0.717, 1.165) is 3.57 Å². The quantitative estimate of drug-likeness (QED) is 0.651. The standard InChI is InChI=1S/C8H8IO3P/c1-6(13(10,11)12)7-4-2-3-5-8(7)9/h2-5H,1H2,(H2,10,11,12). The molecule has 0 aliphatic rings. The SMILES string of the molecule is C=C(c1ccccc1I)P(=O)(O)O. The average molecular weight is 310 g/mol. The van der Waals surface area contributed by atoms with Gasteiger partial charge in [0.25, 0.3) is 0 Å². The third kappa shape index (κ3) is 2.64. The molecule has 0 radical (unpaired) electrons. The molecule has 70 valence electrons. The summed E-state index contributed by atoms with van der Waals surface area (Å²) in [7, 11) is -4.20. The van der Waals surface area contributed by atoms with E-state index in [2.05, 4.69) is 6.58 Å². The van der Waals surface area contributed by atoms with E-state index in [1.54, 1.807) is 24.3 Å². The Kier molecular flexibility index (Phi) is 3.29. The largest absolute Gasteiger partial charge is 0.356 e. The van der Waals surface area contributed by atoms with E-state index < -0.39 is 7.60 Å². The molecule has 0 amide bonds. The summed E-state index contributed by atoms with van der Waals surface area (Å²) < 4.78 is 11.7. The van der Waals surface area contributed by atoms with Crippen LogP contribution in [0, 0.1) is 3.57 Å². The van der Waals surface area contributed by atoms with Gasteiger partial charge in [-0.25, -0.2) is 0 Å². The number of rotatable bonds is 2. The number of benzene rings is 1. The van der Waals surface area contributed by atoms with Crippen LogP contribution in [0.25, 0.3) is 5.31 Å². The third-order valence-corrected chi connectivity index (χ3v) is 3.42. The molecule has 0 saturated carbocycles. The molecule has 1 aromatic rings. The van der Waals surface area contributed by atoms with Crippen molar-refractivity contribution in [2.24, 2.45) is 0 Å². The lowest BCUT2D eigenvalue weighted by Crippen LogP contribution is -1.88. The minimum absolute atomic E-state index is 0.127. The Labute approximate surface area is 89.8 Å². The van der Waals surface area contributed by atoms with Crippen molar-refractivity contribution >= 4 is 35.5 Å². The normalized spacial score (nSPS) is 11.3. The second-order valence-electron chi connectivity index (χ2n) is 2.47. The van der Waals surface area contributed by atoms with Gasteiger partial charge in [-0.1, -0.05) is 24.8 Å². The first-order valence-corrected chi connectivity index (χ1v) is 6.12. The molecule has 0 saturated heterocycles. The zero-order valence-electron chi connectivity index (χ0n) is 6.64. The van der Waals surface area contributed by atoms with Crippen molar-refractivity contribution in [3.8, 4) is 0 Å². The number of halogens is 1. The van der Waals surface area contributed by atoms with E-state index >= 15 is 0 Å². The van der Waals surface area contributed by atoms with E-state index in [4.69, 9.17) is 9.79 Å². The fourth-order valence-corrected chi connectivity index (χ4v) is 2.29. The third-order valence-electron chi connectivity index (χ3n) is 1.54. The summed E-state index contributed by atoms with van der Waals surface area (Å²) in [6.45, 7) is 3.39. The lowest BCUT2D eigenvalue weighted by Gasteiger charge is -2.08. The van der Waals surface area contributed by atoms with Crippen LogP contribution in [-0.4, -0.2) is 9.79 Å². The second kappa shape index (κ2) is 3.92. The van der Waals surface area contributed by atoms with Crippen LogP contribution in [0.4, 0.5) is 0 Å². The fourth-order valence-electron chi connectivity index (χ4n) is 0.852. The summed E-state index contributed by atoms with van der Waals surface area (Å²) in [5.74, 6) is 0. The molecular formula is C8H8IO3P. The minimum Gasteiger partial charge on any atom is -0.321 e. The van der Waals surface area contributed by atoms with Crippen molar-refractivity contribution < 1.29 is 14.4 Å². The first kappa shape index (κ1) is 10.9. The highest BCUT2D eigenvalue weighted by Gasteiger charge is 2.21. The second-order valence-corrected chi connectivity index (χ2v) is 5.26. The van der Waals surface area contributed by atoms with E-state index in [1.807, 2.05) is 22.6 Å². The van der Waals surface area contributed by atoms with Crippen LogP contribution in [0.3, 0.4) is 0 Å². The Balaban J connectivity index is 3.18. The molecule has 5 heteroatoms. The van der Waals surface area contributed by atoms with E-state index in [-0.39, 0.29) is 5.31 Å². The Morgan fingerprint density at radius 3 is 2.38 bits per heavy atom. The first-order chi connectivity index (χ1) is 5.93. The highest BCUT2D eigenvalue weighted by Crippen LogP contribution is 2.50. The Bertz CT molecular complexity index is 383. The maximum absolute atomic E-state index is 10.9. The van der Waals surface area contributed by atoms with E-state index in [0.29, 0.717) is 5.56 Å². The van der Waals surface area contributed by atoms with Gasteiger partial charge in [0, 0.05) is 9.13 Å². The van der Waals surface area contributed by atoms with Crippen molar-refractivity contribution in [2.75, 3.05) is 0 Å². The number of hydrogen-bond acceptors (Lipinski definition) is 1. The summed E-state index contributed by atoms with van der Waals surface area (Å²) in [6.07, 6.45) is 0. The zero-order valence-corrected chi connectivity index (χ0v) is 9.70. The Hall–Kier alpha value is -0.160. The molecule has 0 spiro atoms. The molecular weight excluding hydrogens is 302 g/mol. The molecule has 13 heavy (non-hydrogen) atoms. The van der Waals surface area contributed by atoms with Crippen molar-refractivity contribution in [2.45, 2.75) is 0 Å². The highest BCUT2D eigenvalue weighted by molar-refractivity contribution is 14.1. The zero-order chi connectivity index (χ0) is 10.1. The van der Waals surface area contributed by atoms with Gasteiger partial charge in [0.15, 0.2) is 0 Å². The Morgan fingerprint density at radius 1 is 1.38 bits per heavy atom. The number of hydrogen-bond donors (Lipinski definition) is 2. The lowest BCUT2D eigenvalue weighted by atomic mass is 10.2. The summed E-state index contributed by atoms with van der Waals surface area (Å²) in [5.41, 5.74) is 0.511. The van der Waals surface area contributed by atoms with Crippen LogP contribution in [0.5, 0.6) is 0 Å². The fraction of sp³-hybridized carbons (Fsp3) is 0. The molecule has 0 aliphatic carbocycles. The van der Waals surface area contributed by atoms with Gasteiger partial charge in [-0.2, -0.15) is 0 Å². The van der Waals surface area contributed by atoms with Crippen LogP contribution >= 0.6 is 30.2 Å². The maximum atomic E-state index is 10.9. The van der Waals surface area contributed by atoms with Gasteiger partial charge in [0.2, 0.25) is 0 Å². The first-order valence-electron chi connectivity index (χ1n) is 3.43. The predicted molar refractivity (Wildman–Crippen MR) is 60.2 cm³/mol. The molecule has 1 aromatic carbocycles. The van der Waals surface area contributed by atoms with Gasteiger partial charge < -0.3 is 9.79 Å². The lowest BCUT2D eigenvalue weighted by molar-refractivity contribution is 0.388. The molecule has 0 fully saturated rings. The monoisotopic (exact) mass is 310 g/mol. The molecule has 0 heterocycles. The molecule has 0 aromatic heterocycles. The van der Waals surface area contributed by atoms with Crippen LogP contribution in [0.2, 0.25) is 0 Å². The average Bonchev–Trinajstić information content (AvgIpc) is 2.02. The van der Waals surface area contributed by atoms with Gasteiger partial charge in [0.1, 0.15) is 0 Å². The highest BCUT2D eigenvalue weighted by atomic mass is 127. The summed E-state index contributed by atoms with van der Waals surface area (Å²) in [5, 5.41) is -0.127. The van der Waals surface area contributed by atoms with Crippen molar-refractivity contribution in [1.29, 1.82) is 0 Å². The van der Waals surface area contributed by atoms with Gasteiger partial charge in [-0.15, -0.1) is 0 Å². The summed E-state index contributed by atoms with van der Waals surface area (Å²) in [4.78, 5) is 17.7. The summed E-state index contributed by atoms with van der Waals surface area (Å²) in [6, 6.07) is 6.94. The molecule has 2 N–H and O–H groups in total. The van der Waals surface area contributed by atoms with Crippen molar-refractivity contribution in [3.05, 3.63) is 40.0 Å². The van der Waals surface area contributed by atoms with Gasteiger partial charge in [-0.3, -0.25) is 4.57 Å². The molecule has 0 bridgehead atoms. The van der Waals surface area contributed by atoms with Gasteiger partial charge in [0.05, 0.1) is 5.31 Å². The van der Waals surface area contributed by atoms with E-state index in [1.165, 1.54) is 0 Å². The summed E-state index contributed by atoms with van der Waals surface area (Å²) >= 11 is 2.01. The molecule has 0 unspecified atom stereocenters. The predicted octanol–water partition coefficient (Wildman–Crippen LogP) is 2.44. The van der Waals surface area contributed by atoms with Gasteiger partial charge in [-0.05, 0) is 28.7 Å².